The lowest BCUT2D eigenvalue weighted by atomic mass is 10.2. The summed E-state index contributed by atoms with van der Waals surface area (Å²) in [7, 11) is 1.75. The van der Waals surface area contributed by atoms with Crippen molar-refractivity contribution in [2.24, 2.45) is 7.05 Å². The number of aromatic nitrogens is 4. The molecule has 0 bridgehead atoms. The summed E-state index contributed by atoms with van der Waals surface area (Å²) in [6, 6.07) is 7.03. The van der Waals surface area contributed by atoms with Crippen molar-refractivity contribution < 1.29 is 13.6 Å². The van der Waals surface area contributed by atoms with Crippen LogP contribution in [0, 0.1) is 12.7 Å². The van der Waals surface area contributed by atoms with Gasteiger partial charge in [0.2, 0.25) is 0 Å². The van der Waals surface area contributed by atoms with Gasteiger partial charge in [0.1, 0.15) is 11.5 Å². The molecule has 0 atom stereocenters. The van der Waals surface area contributed by atoms with E-state index in [1.807, 2.05) is 6.92 Å². The SMILES string of the molecule is Cc1cc(-c2nnc(NC(=O)c3cccc(F)c3)o2)n(C)n1. The molecule has 1 aromatic carbocycles. The number of nitrogens with one attached hydrogen (secondary N) is 1. The Morgan fingerprint density at radius 3 is 2.82 bits per heavy atom. The summed E-state index contributed by atoms with van der Waals surface area (Å²) < 4.78 is 20.1. The number of rotatable bonds is 3. The highest BCUT2D eigenvalue weighted by Crippen LogP contribution is 2.20. The van der Waals surface area contributed by atoms with E-state index in [-0.39, 0.29) is 17.5 Å². The maximum Gasteiger partial charge on any atom is 0.322 e. The quantitative estimate of drug-likeness (QED) is 0.801. The zero-order valence-electron chi connectivity index (χ0n) is 11.9. The zero-order valence-corrected chi connectivity index (χ0v) is 11.9. The predicted molar refractivity (Wildman–Crippen MR) is 75.6 cm³/mol. The van der Waals surface area contributed by atoms with Crippen LogP contribution < -0.4 is 5.32 Å². The van der Waals surface area contributed by atoms with Crippen LogP contribution in [0.2, 0.25) is 0 Å². The van der Waals surface area contributed by atoms with Gasteiger partial charge in [0.05, 0.1) is 5.69 Å². The molecule has 0 aliphatic carbocycles. The van der Waals surface area contributed by atoms with Crippen LogP contribution in [-0.4, -0.2) is 25.9 Å². The van der Waals surface area contributed by atoms with E-state index in [1.165, 1.54) is 18.2 Å². The molecule has 0 aliphatic heterocycles. The molecule has 3 aromatic rings. The van der Waals surface area contributed by atoms with Crippen LogP contribution in [0.5, 0.6) is 0 Å². The van der Waals surface area contributed by atoms with E-state index in [4.69, 9.17) is 4.42 Å². The molecule has 0 aliphatic rings. The zero-order chi connectivity index (χ0) is 15.7. The van der Waals surface area contributed by atoms with Gasteiger partial charge in [-0.3, -0.25) is 14.8 Å². The van der Waals surface area contributed by atoms with Crippen molar-refractivity contribution in [3.63, 3.8) is 0 Å². The van der Waals surface area contributed by atoms with E-state index in [1.54, 1.807) is 17.8 Å². The average Bonchev–Trinajstić information content (AvgIpc) is 3.05. The van der Waals surface area contributed by atoms with Gasteiger partial charge in [-0.1, -0.05) is 11.2 Å². The Hall–Kier alpha value is -3.03. The van der Waals surface area contributed by atoms with Gasteiger partial charge in [0, 0.05) is 12.6 Å². The predicted octanol–water partition coefficient (Wildman–Crippen LogP) is 2.17. The van der Waals surface area contributed by atoms with Crippen molar-refractivity contribution in [3.05, 3.63) is 47.4 Å². The maximum absolute atomic E-state index is 13.1. The standard InChI is InChI=1S/C14H12FN5O2/c1-8-6-11(20(2)19-8)13-17-18-14(22-13)16-12(21)9-4-3-5-10(15)7-9/h3-7H,1-2H3,(H,16,18,21). The molecule has 112 valence electrons. The number of aryl methyl sites for hydroxylation is 2. The Balaban J connectivity index is 1.80. The van der Waals surface area contributed by atoms with Crippen molar-refractivity contribution in [2.75, 3.05) is 5.32 Å². The molecule has 0 spiro atoms. The number of amides is 1. The fourth-order valence-electron chi connectivity index (χ4n) is 1.99. The van der Waals surface area contributed by atoms with Crippen LogP contribution in [0.15, 0.2) is 34.7 Å². The highest BCUT2D eigenvalue weighted by molar-refractivity contribution is 6.03. The summed E-state index contributed by atoms with van der Waals surface area (Å²) in [4.78, 5) is 12.0. The van der Waals surface area contributed by atoms with Crippen LogP contribution in [0.25, 0.3) is 11.6 Å². The summed E-state index contributed by atoms with van der Waals surface area (Å²) in [6.07, 6.45) is 0. The number of anilines is 1. The second kappa shape index (κ2) is 5.40. The van der Waals surface area contributed by atoms with E-state index < -0.39 is 11.7 Å². The Labute approximate surface area is 124 Å². The van der Waals surface area contributed by atoms with Gasteiger partial charge >= 0.3 is 6.01 Å². The minimum Gasteiger partial charge on any atom is -0.401 e. The number of hydrogen-bond donors (Lipinski definition) is 1. The molecular formula is C14H12FN5O2. The number of hydrogen-bond acceptors (Lipinski definition) is 5. The van der Waals surface area contributed by atoms with Crippen LogP contribution in [0.4, 0.5) is 10.4 Å². The van der Waals surface area contributed by atoms with Gasteiger partial charge < -0.3 is 4.42 Å². The van der Waals surface area contributed by atoms with Crippen molar-refractivity contribution in [1.82, 2.24) is 20.0 Å². The summed E-state index contributed by atoms with van der Waals surface area (Å²) in [5, 5.41) is 14.2. The molecule has 2 aromatic heterocycles. The average molecular weight is 301 g/mol. The highest BCUT2D eigenvalue weighted by atomic mass is 19.1. The maximum atomic E-state index is 13.1. The fraction of sp³-hybridized carbons (Fsp3) is 0.143. The molecular weight excluding hydrogens is 289 g/mol. The minimum atomic E-state index is -0.532. The normalized spacial score (nSPS) is 10.7. The van der Waals surface area contributed by atoms with Gasteiger partial charge in [0.15, 0.2) is 0 Å². The lowest BCUT2D eigenvalue weighted by Crippen LogP contribution is -2.12. The Kier molecular flexibility index (Phi) is 3.42. The third-order valence-electron chi connectivity index (χ3n) is 2.95. The van der Waals surface area contributed by atoms with E-state index in [0.717, 1.165) is 11.8 Å². The lowest BCUT2D eigenvalue weighted by Gasteiger charge is -2.00. The van der Waals surface area contributed by atoms with Crippen molar-refractivity contribution in [3.8, 4) is 11.6 Å². The first-order valence-electron chi connectivity index (χ1n) is 6.44. The Morgan fingerprint density at radius 2 is 2.14 bits per heavy atom. The fourth-order valence-corrected chi connectivity index (χ4v) is 1.99. The number of nitrogens with zero attached hydrogens (tertiary/aromatic N) is 4. The van der Waals surface area contributed by atoms with Crippen LogP contribution in [-0.2, 0) is 7.05 Å². The third kappa shape index (κ3) is 2.71. The third-order valence-corrected chi connectivity index (χ3v) is 2.95. The smallest absolute Gasteiger partial charge is 0.322 e. The summed E-state index contributed by atoms with van der Waals surface area (Å²) in [5.41, 5.74) is 1.61. The second-order valence-electron chi connectivity index (χ2n) is 4.67. The molecule has 0 saturated carbocycles. The molecule has 0 fully saturated rings. The molecule has 22 heavy (non-hydrogen) atoms. The van der Waals surface area contributed by atoms with Gasteiger partial charge in [-0.25, -0.2) is 4.39 Å². The van der Waals surface area contributed by atoms with Gasteiger partial charge in [-0.05, 0) is 31.2 Å². The van der Waals surface area contributed by atoms with Crippen molar-refractivity contribution >= 4 is 11.9 Å². The molecule has 8 heteroatoms. The molecule has 2 heterocycles. The van der Waals surface area contributed by atoms with Crippen LogP contribution in [0.3, 0.4) is 0 Å². The van der Waals surface area contributed by atoms with Crippen LogP contribution >= 0.6 is 0 Å². The summed E-state index contributed by atoms with van der Waals surface area (Å²) in [6.45, 7) is 1.84. The number of carbonyl (C=O) groups is 1. The topological polar surface area (TPSA) is 85.8 Å². The second-order valence-corrected chi connectivity index (χ2v) is 4.67. The lowest BCUT2D eigenvalue weighted by molar-refractivity contribution is 0.102. The monoisotopic (exact) mass is 301 g/mol. The van der Waals surface area contributed by atoms with Gasteiger partial charge in [-0.15, -0.1) is 5.10 Å². The summed E-state index contributed by atoms with van der Waals surface area (Å²) >= 11 is 0. The van der Waals surface area contributed by atoms with Crippen molar-refractivity contribution in [2.45, 2.75) is 6.92 Å². The molecule has 1 amide bonds. The summed E-state index contributed by atoms with van der Waals surface area (Å²) in [5.74, 6) is -0.794. The van der Waals surface area contributed by atoms with E-state index in [9.17, 15) is 9.18 Å². The molecule has 3 rings (SSSR count). The molecule has 7 nitrogen and oxygen atoms in total. The van der Waals surface area contributed by atoms with Crippen molar-refractivity contribution in [1.29, 1.82) is 0 Å². The highest BCUT2D eigenvalue weighted by Gasteiger charge is 2.15. The van der Waals surface area contributed by atoms with E-state index >= 15 is 0 Å². The number of carbonyl (C=O) groups excluding carboxylic acids is 1. The van der Waals surface area contributed by atoms with Gasteiger partial charge in [0.25, 0.3) is 11.8 Å². The molecule has 0 saturated heterocycles. The van der Waals surface area contributed by atoms with Gasteiger partial charge in [-0.2, -0.15) is 5.10 Å². The Bertz CT molecular complexity index is 839. The Morgan fingerprint density at radius 1 is 1.32 bits per heavy atom. The molecule has 0 radical (unpaired) electrons. The molecule has 0 unspecified atom stereocenters. The number of halogens is 1. The largest absolute Gasteiger partial charge is 0.401 e. The van der Waals surface area contributed by atoms with E-state index in [0.29, 0.717) is 5.69 Å². The number of benzene rings is 1. The molecule has 1 N–H and O–H groups in total. The first-order chi connectivity index (χ1) is 10.5. The van der Waals surface area contributed by atoms with E-state index in [2.05, 4.69) is 20.6 Å². The first kappa shape index (κ1) is 13.9. The first-order valence-corrected chi connectivity index (χ1v) is 6.44. The minimum absolute atomic E-state index is 0.0666. The van der Waals surface area contributed by atoms with Crippen LogP contribution in [0.1, 0.15) is 16.1 Å².